The van der Waals surface area contributed by atoms with Crippen molar-refractivity contribution >= 4 is 28.6 Å². The van der Waals surface area contributed by atoms with Crippen LogP contribution < -0.4 is 0 Å². The predicted molar refractivity (Wildman–Crippen MR) is 74.1 cm³/mol. The third-order valence-electron chi connectivity index (χ3n) is 2.27. The maximum absolute atomic E-state index is 11.5. The van der Waals surface area contributed by atoms with Crippen LogP contribution in [0.25, 0.3) is 0 Å². The van der Waals surface area contributed by atoms with Crippen LogP contribution in [0.1, 0.15) is 36.0 Å². The van der Waals surface area contributed by atoms with Crippen molar-refractivity contribution in [1.82, 2.24) is 0 Å². The molecule has 0 fully saturated rings. The van der Waals surface area contributed by atoms with Crippen LogP contribution >= 0.6 is 22.6 Å². The van der Waals surface area contributed by atoms with E-state index in [0.717, 1.165) is 12.8 Å². The lowest BCUT2D eigenvalue weighted by molar-refractivity contribution is 0.0498. The SMILES string of the molecule is O=C(OCCCCCCI)c1ccccc1. The van der Waals surface area contributed by atoms with Gasteiger partial charge in [0.15, 0.2) is 0 Å². The van der Waals surface area contributed by atoms with E-state index in [1.807, 2.05) is 18.2 Å². The minimum atomic E-state index is -0.213. The van der Waals surface area contributed by atoms with Crippen LogP contribution in [-0.2, 0) is 4.74 Å². The van der Waals surface area contributed by atoms with Crippen LogP contribution in [0.5, 0.6) is 0 Å². The Hall–Kier alpha value is -0.580. The first-order valence-electron chi connectivity index (χ1n) is 5.62. The van der Waals surface area contributed by atoms with Crippen molar-refractivity contribution in [3.8, 4) is 0 Å². The van der Waals surface area contributed by atoms with Gasteiger partial charge in [0, 0.05) is 0 Å². The summed E-state index contributed by atoms with van der Waals surface area (Å²) in [5.41, 5.74) is 0.634. The van der Waals surface area contributed by atoms with E-state index in [-0.39, 0.29) is 5.97 Å². The van der Waals surface area contributed by atoms with E-state index in [1.54, 1.807) is 12.1 Å². The zero-order valence-electron chi connectivity index (χ0n) is 9.32. The number of esters is 1. The van der Waals surface area contributed by atoms with E-state index in [2.05, 4.69) is 22.6 Å². The number of carbonyl (C=O) groups is 1. The summed E-state index contributed by atoms with van der Waals surface area (Å²) in [4.78, 5) is 11.5. The number of ether oxygens (including phenoxy) is 1. The molecule has 0 atom stereocenters. The topological polar surface area (TPSA) is 26.3 Å². The Morgan fingerprint density at radius 1 is 1.06 bits per heavy atom. The zero-order valence-corrected chi connectivity index (χ0v) is 11.5. The highest BCUT2D eigenvalue weighted by Crippen LogP contribution is 2.05. The van der Waals surface area contributed by atoms with Gasteiger partial charge in [0.1, 0.15) is 0 Å². The van der Waals surface area contributed by atoms with Gasteiger partial charge in [0.05, 0.1) is 12.2 Å². The van der Waals surface area contributed by atoms with Crippen LogP contribution in [0.15, 0.2) is 30.3 Å². The molecular formula is C13H17IO2. The molecule has 16 heavy (non-hydrogen) atoms. The molecule has 0 saturated carbocycles. The predicted octanol–water partition coefficient (Wildman–Crippen LogP) is 3.84. The smallest absolute Gasteiger partial charge is 0.338 e. The highest BCUT2D eigenvalue weighted by Gasteiger charge is 2.04. The second-order valence-electron chi connectivity index (χ2n) is 3.61. The van der Waals surface area contributed by atoms with E-state index in [0.29, 0.717) is 12.2 Å². The minimum Gasteiger partial charge on any atom is -0.462 e. The van der Waals surface area contributed by atoms with E-state index in [1.165, 1.54) is 17.3 Å². The van der Waals surface area contributed by atoms with Crippen LogP contribution in [0, 0.1) is 0 Å². The van der Waals surface area contributed by atoms with Gasteiger partial charge in [-0.15, -0.1) is 0 Å². The molecule has 1 aromatic carbocycles. The lowest BCUT2D eigenvalue weighted by Crippen LogP contribution is -2.06. The summed E-state index contributed by atoms with van der Waals surface area (Å²) >= 11 is 2.38. The summed E-state index contributed by atoms with van der Waals surface area (Å²) in [6.45, 7) is 0.537. The number of unbranched alkanes of at least 4 members (excludes halogenated alkanes) is 3. The molecule has 0 aliphatic carbocycles. The minimum absolute atomic E-state index is 0.213. The normalized spacial score (nSPS) is 10.1. The summed E-state index contributed by atoms with van der Waals surface area (Å²) in [5, 5.41) is 0. The van der Waals surface area contributed by atoms with E-state index < -0.39 is 0 Å². The largest absolute Gasteiger partial charge is 0.462 e. The molecule has 0 aliphatic heterocycles. The molecule has 0 N–H and O–H groups in total. The Bertz CT molecular complexity index is 298. The Morgan fingerprint density at radius 3 is 2.44 bits per heavy atom. The van der Waals surface area contributed by atoms with E-state index in [9.17, 15) is 4.79 Å². The third kappa shape index (κ3) is 5.49. The molecule has 88 valence electrons. The highest BCUT2D eigenvalue weighted by molar-refractivity contribution is 14.1. The Kier molecular flexibility index (Phi) is 7.21. The van der Waals surface area contributed by atoms with Crippen molar-refractivity contribution in [2.24, 2.45) is 0 Å². The average Bonchev–Trinajstić information content (AvgIpc) is 2.34. The monoisotopic (exact) mass is 332 g/mol. The van der Waals surface area contributed by atoms with Gasteiger partial charge >= 0.3 is 5.97 Å². The first-order valence-corrected chi connectivity index (χ1v) is 7.15. The molecule has 0 unspecified atom stereocenters. The molecule has 1 rings (SSSR count). The van der Waals surface area contributed by atoms with Gasteiger partial charge in [-0.1, -0.05) is 53.6 Å². The number of hydrogen-bond acceptors (Lipinski definition) is 2. The molecule has 0 radical (unpaired) electrons. The third-order valence-corrected chi connectivity index (χ3v) is 3.03. The number of alkyl halides is 1. The summed E-state index contributed by atoms with van der Waals surface area (Å²) in [5.74, 6) is -0.213. The maximum Gasteiger partial charge on any atom is 0.338 e. The van der Waals surface area contributed by atoms with Gasteiger partial charge in [-0.25, -0.2) is 4.79 Å². The first-order chi connectivity index (χ1) is 7.84. The Morgan fingerprint density at radius 2 is 1.75 bits per heavy atom. The van der Waals surface area contributed by atoms with Crippen molar-refractivity contribution in [2.45, 2.75) is 25.7 Å². The van der Waals surface area contributed by atoms with Crippen LogP contribution in [0.3, 0.4) is 0 Å². The molecular weight excluding hydrogens is 315 g/mol. The molecule has 1 aromatic rings. The highest BCUT2D eigenvalue weighted by atomic mass is 127. The van der Waals surface area contributed by atoms with Gasteiger partial charge < -0.3 is 4.74 Å². The number of hydrogen-bond donors (Lipinski definition) is 0. The fourth-order valence-corrected chi connectivity index (χ4v) is 1.91. The van der Waals surface area contributed by atoms with Crippen molar-refractivity contribution in [3.63, 3.8) is 0 Å². The second kappa shape index (κ2) is 8.56. The summed E-state index contributed by atoms with van der Waals surface area (Å²) in [6, 6.07) is 9.13. The van der Waals surface area contributed by atoms with E-state index >= 15 is 0 Å². The Labute approximate surface area is 111 Å². The van der Waals surface area contributed by atoms with Gasteiger partial charge in [-0.05, 0) is 29.4 Å². The number of halogens is 1. The fraction of sp³-hybridized carbons (Fsp3) is 0.462. The molecule has 0 bridgehead atoms. The van der Waals surface area contributed by atoms with Crippen molar-refractivity contribution in [3.05, 3.63) is 35.9 Å². The molecule has 2 nitrogen and oxygen atoms in total. The van der Waals surface area contributed by atoms with Gasteiger partial charge in [-0.3, -0.25) is 0 Å². The van der Waals surface area contributed by atoms with Crippen molar-refractivity contribution in [2.75, 3.05) is 11.0 Å². The summed E-state index contributed by atoms with van der Waals surface area (Å²) < 4.78 is 6.38. The summed E-state index contributed by atoms with van der Waals surface area (Å²) in [7, 11) is 0. The molecule has 0 aromatic heterocycles. The fourth-order valence-electron chi connectivity index (χ4n) is 1.37. The molecule has 0 heterocycles. The lowest BCUT2D eigenvalue weighted by Gasteiger charge is -2.04. The van der Waals surface area contributed by atoms with Crippen molar-refractivity contribution < 1.29 is 9.53 Å². The maximum atomic E-state index is 11.5. The molecule has 0 spiro atoms. The van der Waals surface area contributed by atoms with Gasteiger partial charge in [-0.2, -0.15) is 0 Å². The Balaban J connectivity index is 2.12. The van der Waals surface area contributed by atoms with Crippen molar-refractivity contribution in [1.29, 1.82) is 0 Å². The lowest BCUT2D eigenvalue weighted by atomic mass is 10.2. The number of benzene rings is 1. The standard InChI is InChI=1S/C13H17IO2/c14-10-6-1-2-7-11-16-13(15)12-8-4-3-5-9-12/h3-5,8-9H,1-2,6-7,10-11H2. The molecule has 0 aliphatic rings. The van der Waals surface area contributed by atoms with Gasteiger partial charge in [0.2, 0.25) is 0 Å². The van der Waals surface area contributed by atoms with Crippen LogP contribution in [-0.4, -0.2) is 17.0 Å². The second-order valence-corrected chi connectivity index (χ2v) is 4.68. The number of rotatable bonds is 7. The first kappa shape index (κ1) is 13.5. The molecule has 0 amide bonds. The van der Waals surface area contributed by atoms with E-state index in [4.69, 9.17) is 4.74 Å². The quantitative estimate of drug-likeness (QED) is 0.328. The molecule has 3 heteroatoms. The average molecular weight is 332 g/mol. The number of carbonyl (C=O) groups excluding carboxylic acids is 1. The van der Waals surface area contributed by atoms with Crippen LogP contribution in [0.4, 0.5) is 0 Å². The van der Waals surface area contributed by atoms with Gasteiger partial charge in [0.25, 0.3) is 0 Å². The molecule has 0 saturated heterocycles. The summed E-state index contributed by atoms with van der Waals surface area (Å²) in [6.07, 6.45) is 4.60. The zero-order chi connectivity index (χ0) is 11.6. The van der Waals surface area contributed by atoms with Crippen LogP contribution in [0.2, 0.25) is 0 Å².